The van der Waals surface area contributed by atoms with Crippen LogP contribution in [0, 0.1) is 0 Å². The summed E-state index contributed by atoms with van der Waals surface area (Å²) in [6, 6.07) is 35.2. The van der Waals surface area contributed by atoms with E-state index in [1.54, 1.807) is 7.11 Å². The fourth-order valence-corrected chi connectivity index (χ4v) is 5.85. The van der Waals surface area contributed by atoms with E-state index in [-0.39, 0.29) is 11.8 Å². The molecule has 2 heterocycles. The van der Waals surface area contributed by atoms with Crippen LogP contribution in [0.25, 0.3) is 10.9 Å². The summed E-state index contributed by atoms with van der Waals surface area (Å²) >= 11 is 0. The molecule has 0 N–H and O–H groups in total. The molecule has 0 unspecified atom stereocenters. The molecule has 0 saturated carbocycles. The van der Waals surface area contributed by atoms with Crippen molar-refractivity contribution in [2.45, 2.75) is 38.3 Å². The number of carbonyl (C=O) groups is 1. The Morgan fingerprint density at radius 3 is 2.34 bits per heavy atom. The summed E-state index contributed by atoms with van der Waals surface area (Å²) in [7, 11) is 1.69. The third-order valence-corrected chi connectivity index (χ3v) is 8.05. The number of benzene rings is 4. The lowest BCUT2D eigenvalue weighted by molar-refractivity contribution is -0.130. The maximum Gasteiger partial charge on any atom is 0.223 e. The summed E-state index contributed by atoms with van der Waals surface area (Å²) in [6.45, 7) is 2.94. The Kier molecular flexibility index (Phi) is 8.04. The fourth-order valence-electron chi connectivity index (χ4n) is 5.85. The van der Waals surface area contributed by atoms with Crippen LogP contribution in [0.3, 0.4) is 0 Å². The second-order valence-corrected chi connectivity index (χ2v) is 10.8. The van der Waals surface area contributed by atoms with Crippen LogP contribution in [0.4, 0.5) is 0 Å². The fraction of sp³-hybridized carbons (Fsp3) is 0.250. The van der Waals surface area contributed by atoms with Crippen molar-refractivity contribution in [2.24, 2.45) is 0 Å². The van der Waals surface area contributed by atoms with Gasteiger partial charge in [0.25, 0.3) is 0 Å². The largest absolute Gasteiger partial charge is 0.497 e. The van der Waals surface area contributed by atoms with Crippen LogP contribution in [0.2, 0.25) is 0 Å². The highest BCUT2D eigenvalue weighted by molar-refractivity contribution is 5.87. The van der Waals surface area contributed by atoms with Gasteiger partial charge in [0.15, 0.2) is 0 Å². The number of amides is 1. The molecule has 1 fully saturated rings. The average Bonchev–Trinajstić information content (AvgIpc) is 3.69. The number of fused-ring (bicyclic) bond motifs is 1. The summed E-state index contributed by atoms with van der Waals surface area (Å²) in [4.78, 5) is 15.6. The normalized spacial score (nSPS) is 13.8. The molecule has 1 aromatic heterocycles. The van der Waals surface area contributed by atoms with E-state index in [9.17, 15) is 4.79 Å². The summed E-state index contributed by atoms with van der Waals surface area (Å²) in [5.74, 6) is 1.79. The van der Waals surface area contributed by atoms with Crippen LogP contribution in [-0.2, 0) is 17.9 Å². The highest BCUT2D eigenvalue weighted by Gasteiger charge is 2.27. The predicted molar refractivity (Wildman–Crippen MR) is 164 cm³/mol. The molecular weight excluding hydrogens is 508 g/mol. The van der Waals surface area contributed by atoms with Crippen LogP contribution in [0.15, 0.2) is 109 Å². The molecule has 0 bridgehead atoms. The Balaban J connectivity index is 1.36. The minimum Gasteiger partial charge on any atom is -0.497 e. The van der Waals surface area contributed by atoms with Gasteiger partial charge in [-0.05, 0) is 65.4 Å². The van der Waals surface area contributed by atoms with Crippen molar-refractivity contribution in [3.8, 4) is 11.5 Å². The van der Waals surface area contributed by atoms with Crippen LogP contribution in [-0.4, -0.2) is 35.6 Å². The molecule has 1 saturated heterocycles. The molecule has 0 spiro atoms. The zero-order chi connectivity index (χ0) is 28.0. The molecular formula is C36H36N2O3. The van der Waals surface area contributed by atoms with Gasteiger partial charge in [0, 0.05) is 49.1 Å². The van der Waals surface area contributed by atoms with E-state index in [2.05, 4.69) is 71.4 Å². The third kappa shape index (κ3) is 6.14. The molecule has 0 aliphatic carbocycles. The monoisotopic (exact) mass is 544 g/mol. The molecule has 6 rings (SSSR count). The number of methoxy groups -OCH3 is 1. The van der Waals surface area contributed by atoms with E-state index < -0.39 is 0 Å². The lowest BCUT2D eigenvalue weighted by atomic mass is 9.87. The van der Waals surface area contributed by atoms with Crippen molar-refractivity contribution < 1.29 is 14.3 Å². The summed E-state index contributed by atoms with van der Waals surface area (Å²) in [5.41, 5.74) is 5.74. The smallest absolute Gasteiger partial charge is 0.223 e. The van der Waals surface area contributed by atoms with Gasteiger partial charge in [-0.2, -0.15) is 0 Å². The second-order valence-electron chi connectivity index (χ2n) is 10.8. The molecule has 1 aliphatic rings. The van der Waals surface area contributed by atoms with E-state index in [0.29, 0.717) is 13.0 Å². The van der Waals surface area contributed by atoms with Crippen molar-refractivity contribution in [1.82, 2.24) is 9.47 Å². The van der Waals surface area contributed by atoms with Crippen molar-refractivity contribution in [2.75, 3.05) is 20.2 Å². The maximum absolute atomic E-state index is 13.6. The minimum absolute atomic E-state index is 0.0922. The van der Waals surface area contributed by atoms with Crippen LogP contribution < -0.4 is 9.47 Å². The molecule has 4 aromatic carbocycles. The Hall–Kier alpha value is -4.51. The quantitative estimate of drug-likeness (QED) is 0.184. The van der Waals surface area contributed by atoms with Gasteiger partial charge in [0.05, 0.1) is 7.11 Å². The van der Waals surface area contributed by atoms with Crippen molar-refractivity contribution in [3.05, 3.63) is 132 Å². The highest BCUT2D eigenvalue weighted by Crippen LogP contribution is 2.37. The number of hydrogen-bond acceptors (Lipinski definition) is 3. The van der Waals surface area contributed by atoms with Crippen LogP contribution >= 0.6 is 0 Å². The van der Waals surface area contributed by atoms with E-state index >= 15 is 0 Å². The van der Waals surface area contributed by atoms with Gasteiger partial charge in [0.2, 0.25) is 5.91 Å². The van der Waals surface area contributed by atoms with Gasteiger partial charge in [0.1, 0.15) is 18.1 Å². The highest BCUT2D eigenvalue weighted by atomic mass is 16.5. The zero-order valence-electron chi connectivity index (χ0n) is 23.5. The van der Waals surface area contributed by atoms with Gasteiger partial charge in [-0.3, -0.25) is 4.79 Å². The third-order valence-electron chi connectivity index (χ3n) is 8.05. The molecule has 208 valence electrons. The van der Waals surface area contributed by atoms with Crippen molar-refractivity contribution in [1.29, 1.82) is 0 Å². The minimum atomic E-state index is -0.0922. The first kappa shape index (κ1) is 26.7. The van der Waals surface area contributed by atoms with Gasteiger partial charge in [-0.1, -0.05) is 72.8 Å². The number of nitrogens with zero attached hydrogens (tertiary/aromatic N) is 2. The van der Waals surface area contributed by atoms with E-state index in [0.717, 1.165) is 60.6 Å². The first-order chi connectivity index (χ1) is 20.2. The van der Waals surface area contributed by atoms with Gasteiger partial charge in [-0.25, -0.2) is 0 Å². The number of likely N-dealkylation sites (tertiary alicyclic amines) is 1. The van der Waals surface area contributed by atoms with Crippen LogP contribution in [0.1, 0.15) is 47.4 Å². The Labute approximate surface area is 241 Å². The number of carbonyl (C=O) groups excluding carboxylic acids is 1. The topological polar surface area (TPSA) is 43.7 Å². The number of aromatic nitrogens is 1. The van der Waals surface area contributed by atoms with Gasteiger partial charge >= 0.3 is 0 Å². The van der Waals surface area contributed by atoms with Crippen molar-refractivity contribution >= 4 is 16.8 Å². The van der Waals surface area contributed by atoms with Gasteiger partial charge in [-0.15, -0.1) is 0 Å². The first-order valence-electron chi connectivity index (χ1n) is 14.4. The SMILES string of the molecule is COc1ccc(Cn2cc([C@@H](CC(=O)N3CCCC3)c3cccc(OCc4ccccc4)c3)c3ccccc32)cc1. The molecule has 5 heteroatoms. The zero-order valence-corrected chi connectivity index (χ0v) is 23.5. The summed E-state index contributed by atoms with van der Waals surface area (Å²) in [5, 5.41) is 1.18. The number of rotatable bonds is 10. The molecule has 1 amide bonds. The Bertz CT molecular complexity index is 1600. The summed E-state index contributed by atoms with van der Waals surface area (Å²) in [6.07, 6.45) is 4.84. The number of hydrogen-bond donors (Lipinski definition) is 0. The maximum atomic E-state index is 13.6. The van der Waals surface area contributed by atoms with Gasteiger partial charge < -0.3 is 18.9 Å². The molecule has 5 aromatic rings. The Morgan fingerprint density at radius 1 is 0.805 bits per heavy atom. The predicted octanol–water partition coefficient (Wildman–Crippen LogP) is 7.42. The lowest BCUT2D eigenvalue weighted by Gasteiger charge is -2.22. The summed E-state index contributed by atoms with van der Waals surface area (Å²) < 4.78 is 13.9. The molecule has 1 atom stereocenters. The van der Waals surface area contributed by atoms with Crippen molar-refractivity contribution in [3.63, 3.8) is 0 Å². The van der Waals surface area contributed by atoms with E-state index in [1.807, 2.05) is 47.4 Å². The standard InChI is InChI=1S/C36H36N2O3/c1-40-30-18-16-27(17-19-30)24-38-25-34(32-14-5-6-15-35(32)38)33(23-36(39)37-20-7-8-21-37)29-12-9-13-31(22-29)41-26-28-10-3-2-4-11-28/h2-6,9-19,22,25,33H,7-8,20-21,23-24,26H2,1H3/t33-/m0/s1. The van der Waals surface area contributed by atoms with E-state index in [4.69, 9.17) is 9.47 Å². The molecule has 41 heavy (non-hydrogen) atoms. The molecule has 1 aliphatic heterocycles. The first-order valence-corrected chi connectivity index (χ1v) is 14.4. The second kappa shape index (κ2) is 12.3. The molecule has 5 nitrogen and oxygen atoms in total. The lowest BCUT2D eigenvalue weighted by Crippen LogP contribution is -2.29. The average molecular weight is 545 g/mol. The number of ether oxygens (including phenoxy) is 2. The molecule has 0 radical (unpaired) electrons. The van der Waals surface area contributed by atoms with Crippen LogP contribution in [0.5, 0.6) is 11.5 Å². The van der Waals surface area contributed by atoms with E-state index in [1.165, 1.54) is 16.5 Å². The number of para-hydroxylation sites is 1. The Morgan fingerprint density at radius 2 is 1.56 bits per heavy atom.